The van der Waals surface area contributed by atoms with Crippen molar-refractivity contribution in [3.05, 3.63) is 36.2 Å². The lowest BCUT2D eigenvalue weighted by Crippen LogP contribution is -2.34. The number of thioether (sulfide) groups is 1. The largest absolute Gasteiger partial charge is 0.508 e. The van der Waals surface area contributed by atoms with Gasteiger partial charge in [0.05, 0.1) is 12.9 Å². The van der Waals surface area contributed by atoms with Crippen molar-refractivity contribution in [2.45, 2.75) is 19.4 Å². The highest BCUT2D eigenvalue weighted by molar-refractivity contribution is 7.99. The highest BCUT2D eigenvalue weighted by Gasteiger charge is 2.23. The third kappa shape index (κ3) is 3.37. The fourth-order valence-corrected chi connectivity index (χ4v) is 4.79. The Bertz CT molecular complexity index is 961. The monoisotopic (exact) mass is 396 g/mol. The van der Waals surface area contributed by atoms with Gasteiger partial charge < -0.3 is 19.5 Å². The second-order valence-electron chi connectivity index (χ2n) is 7.35. The molecule has 0 saturated carbocycles. The zero-order valence-corrected chi connectivity index (χ0v) is 16.6. The van der Waals surface area contributed by atoms with Gasteiger partial charge in [0.15, 0.2) is 17.0 Å². The minimum absolute atomic E-state index is 0.281. The summed E-state index contributed by atoms with van der Waals surface area (Å²) in [7, 11) is 0. The van der Waals surface area contributed by atoms with Crippen molar-refractivity contribution in [2.75, 3.05) is 47.5 Å². The van der Waals surface area contributed by atoms with Gasteiger partial charge in [-0.15, -0.1) is 0 Å². The highest BCUT2D eigenvalue weighted by atomic mass is 32.2. The molecular formula is C20H24N6OS. The van der Waals surface area contributed by atoms with E-state index in [0.717, 1.165) is 66.2 Å². The maximum absolute atomic E-state index is 9.54. The normalized spacial score (nSPS) is 17.6. The van der Waals surface area contributed by atoms with E-state index < -0.39 is 0 Å². The summed E-state index contributed by atoms with van der Waals surface area (Å²) in [6, 6.07) is 7.31. The molecule has 2 aromatic heterocycles. The van der Waals surface area contributed by atoms with Gasteiger partial charge in [0.2, 0.25) is 5.95 Å². The molecule has 1 aromatic carbocycles. The number of imidazole rings is 1. The van der Waals surface area contributed by atoms with Gasteiger partial charge in [-0.1, -0.05) is 12.1 Å². The van der Waals surface area contributed by atoms with E-state index in [2.05, 4.69) is 14.4 Å². The molecule has 4 heterocycles. The molecule has 0 spiro atoms. The number of phenols is 1. The molecular weight excluding hydrogens is 372 g/mol. The Morgan fingerprint density at radius 2 is 1.68 bits per heavy atom. The van der Waals surface area contributed by atoms with Gasteiger partial charge in [0.1, 0.15) is 5.75 Å². The fourth-order valence-electron chi connectivity index (χ4n) is 3.89. The molecule has 146 valence electrons. The van der Waals surface area contributed by atoms with Crippen LogP contribution in [0.1, 0.15) is 18.4 Å². The number of rotatable bonds is 4. The second-order valence-corrected chi connectivity index (χ2v) is 8.58. The highest BCUT2D eigenvalue weighted by Crippen LogP contribution is 2.29. The molecule has 3 aromatic rings. The Hall–Kier alpha value is -2.48. The zero-order valence-electron chi connectivity index (χ0n) is 15.8. The third-order valence-electron chi connectivity index (χ3n) is 5.42. The summed E-state index contributed by atoms with van der Waals surface area (Å²) >= 11 is 1.99. The Labute approximate surface area is 168 Å². The Morgan fingerprint density at radius 1 is 0.929 bits per heavy atom. The summed E-state index contributed by atoms with van der Waals surface area (Å²) in [5.41, 5.74) is 2.88. The molecule has 0 unspecified atom stereocenters. The van der Waals surface area contributed by atoms with Crippen molar-refractivity contribution < 1.29 is 5.11 Å². The van der Waals surface area contributed by atoms with Crippen LogP contribution in [0.15, 0.2) is 30.6 Å². The maximum atomic E-state index is 9.54. The summed E-state index contributed by atoms with van der Waals surface area (Å²) in [6.07, 6.45) is 4.26. The molecule has 0 atom stereocenters. The first-order valence-corrected chi connectivity index (χ1v) is 11.0. The van der Waals surface area contributed by atoms with Crippen molar-refractivity contribution >= 4 is 34.7 Å². The van der Waals surface area contributed by atoms with Crippen LogP contribution in [0, 0.1) is 0 Å². The van der Waals surface area contributed by atoms with E-state index in [1.54, 1.807) is 12.1 Å². The fraction of sp³-hybridized carbons (Fsp3) is 0.450. The second kappa shape index (κ2) is 7.50. The third-order valence-corrected chi connectivity index (χ3v) is 6.36. The van der Waals surface area contributed by atoms with Crippen molar-refractivity contribution in [3.63, 3.8) is 0 Å². The van der Waals surface area contributed by atoms with Gasteiger partial charge >= 0.3 is 0 Å². The predicted molar refractivity (Wildman–Crippen MR) is 114 cm³/mol. The first kappa shape index (κ1) is 17.6. The number of aromatic nitrogens is 4. The molecule has 2 aliphatic heterocycles. The lowest BCUT2D eigenvalue weighted by molar-refractivity contribution is 0.475. The average Bonchev–Trinajstić information content (AvgIpc) is 3.40. The first-order valence-electron chi connectivity index (χ1n) is 9.86. The molecule has 7 nitrogen and oxygen atoms in total. The van der Waals surface area contributed by atoms with Crippen LogP contribution >= 0.6 is 11.8 Å². The molecule has 28 heavy (non-hydrogen) atoms. The van der Waals surface area contributed by atoms with E-state index in [1.807, 2.05) is 30.2 Å². The molecule has 0 bridgehead atoms. The van der Waals surface area contributed by atoms with Gasteiger partial charge in [-0.2, -0.15) is 21.7 Å². The van der Waals surface area contributed by atoms with Crippen molar-refractivity contribution in [3.8, 4) is 5.75 Å². The van der Waals surface area contributed by atoms with Crippen LogP contribution in [0.25, 0.3) is 11.2 Å². The van der Waals surface area contributed by atoms with Crippen molar-refractivity contribution in [2.24, 2.45) is 0 Å². The number of hydrogen-bond donors (Lipinski definition) is 1. The molecule has 0 radical (unpaired) electrons. The summed E-state index contributed by atoms with van der Waals surface area (Å²) in [5, 5.41) is 9.54. The molecule has 0 aliphatic carbocycles. The first-order chi connectivity index (χ1) is 13.8. The van der Waals surface area contributed by atoms with Gasteiger partial charge in [-0.25, -0.2) is 4.98 Å². The smallest absolute Gasteiger partial charge is 0.229 e. The molecule has 8 heteroatoms. The number of anilines is 2. The number of phenolic OH excluding ortho intramolecular Hbond substituents is 1. The lowest BCUT2D eigenvalue weighted by atomic mass is 10.2. The molecule has 0 amide bonds. The Morgan fingerprint density at radius 3 is 2.43 bits per heavy atom. The lowest BCUT2D eigenvalue weighted by Gasteiger charge is -2.28. The number of aromatic hydroxyl groups is 1. The van der Waals surface area contributed by atoms with Gasteiger partial charge in [0.25, 0.3) is 0 Å². The van der Waals surface area contributed by atoms with Crippen LogP contribution in [-0.2, 0) is 6.54 Å². The Kier molecular flexibility index (Phi) is 4.72. The molecule has 2 fully saturated rings. The van der Waals surface area contributed by atoms with Crippen molar-refractivity contribution in [1.82, 2.24) is 19.5 Å². The van der Waals surface area contributed by atoms with Crippen LogP contribution in [0.2, 0.25) is 0 Å². The van der Waals surface area contributed by atoms with Gasteiger partial charge in [-0.05, 0) is 30.5 Å². The van der Waals surface area contributed by atoms with E-state index in [4.69, 9.17) is 15.0 Å². The van der Waals surface area contributed by atoms with Crippen LogP contribution in [0.4, 0.5) is 11.8 Å². The van der Waals surface area contributed by atoms with E-state index in [-0.39, 0.29) is 5.75 Å². The summed E-state index contributed by atoms with van der Waals surface area (Å²) < 4.78 is 2.09. The molecule has 2 aliphatic rings. The van der Waals surface area contributed by atoms with Gasteiger partial charge in [-0.3, -0.25) is 0 Å². The summed E-state index contributed by atoms with van der Waals surface area (Å²) in [6.45, 7) is 4.71. The summed E-state index contributed by atoms with van der Waals surface area (Å²) in [5.74, 6) is 4.32. The number of benzene rings is 1. The van der Waals surface area contributed by atoms with E-state index >= 15 is 0 Å². The van der Waals surface area contributed by atoms with Gasteiger partial charge in [0, 0.05) is 37.7 Å². The maximum Gasteiger partial charge on any atom is 0.229 e. The molecule has 1 N–H and O–H groups in total. The Balaban J connectivity index is 1.57. The van der Waals surface area contributed by atoms with Crippen LogP contribution in [0.3, 0.4) is 0 Å². The number of nitrogens with zero attached hydrogens (tertiary/aromatic N) is 6. The van der Waals surface area contributed by atoms with Crippen molar-refractivity contribution in [1.29, 1.82) is 0 Å². The van der Waals surface area contributed by atoms with Crippen LogP contribution < -0.4 is 9.80 Å². The summed E-state index contributed by atoms with van der Waals surface area (Å²) in [4.78, 5) is 19.2. The van der Waals surface area contributed by atoms with E-state index in [0.29, 0.717) is 6.54 Å². The SMILES string of the molecule is Oc1ccc(Cn2cnc3c(N4CCSCC4)nc(N4CCCC4)nc32)cc1. The minimum Gasteiger partial charge on any atom is -0.508 e. The van der Waals surface area contributed by atoms with Crippen LogP contribution in [-0.4, -0.2) is 62.3 Å². The quantitative estimate of drug-likeness (QED) is 0.727. The van der Waals surface area contributed by atoms with Crippen LogP contribution in [0.5, 0.6) is 5.75 Å². The number of fused-ring (bicyclic) bond motifs is 1. The predicted octanol–water partition coefficient (Wildman–Crippen LogP) is 2.73. The average molecular weight is 397 g/mol. The topological polar surface area (TPSA) is 70.3 Å². The number of hydrogen-bond acceptors (Lipinski definition) is 7. The minimum atomic E-state index is 0.281. The van der Waals surface area contributed by atoms with E-state index in [9.17, 15) is 5.11 Å². The molecule has 5 rings (SSSR count). The zero-order chi connectivity index (χ0) is 18.9. The molecule has 2 saturated heterocycles. The van der Waals surface area contributed by atoms with E-state index in [1.165, 1.54) is 12.8 Å². The standard InChI is InChI=1S/C20H24N6OS/c27-16-5-3-15(4-6-16)13-26-14-21-17-18(24-9-11-28-12-10-24)22-20(23-19(17)26)25-7-1-2-8-25/h3-6,14,27H,1-2,7-13H2.